The highest BCUT2D eigenvalue weighted by Gasteiger charge is 2.05. The first-order valence-corrected chi connectivity index (χ1v) is 2.94. The summed E-state index contributed by atoms with van der Waals surface area (Å²) < 4.78 is 0. The van der Waals surface area contributed by atoms with Crippen LogP contribution in [0, 0.1) is 5.92 Å². The third-order valence-corrected chi connectivity index (χ3v) is 1.31. The lowest BCUT2D eigenvalue weighted by Crippen LogP contribution is -2.24. The lowest BCUT2D eigenvalue weighted by molar-refractivity contribution is -0.124. The predicted octanol–water partition coefficient (Wildman–Crippen LogP) is 0.778. The zero-order valence-corrected chi connectivity index (χ0v) is 5.69. The zero-order chi connectivity index (χ0) is 6.57. The van der Waals surface area contributed by atoms with Gasteiger partial charge in [0.05, 0.1) is 0 Å². The Labute approximate surface area is 50.3 Å². The average Bonchev–Trinajstić information content (AvgIpc) is 1.84. The van der Waals surface area contributed by atoms with Crippen molar-refractivity contribution in [2.24, 2.45) is 5.92 Å². The minimum Gasteiger partial charge on any atom is -0.359 e. The molecule has 0 rings (SSSR count). The first-order valence-electron chi connectivity index (χ1n) is 2.94. The van der Waals surface area contributed by atoms with E-state index in [4.69, 9.17) is 0 Å². The van der Waals surface area contributed by atoms with Crippen molar-refractivity contribution in [3.8, 4) is 0 Å². The number of carbonyl (C=O) groups is 1. The second-order valence-electron chi connectivity index (χ2n) is 1.92. The van der Waals surface area contributed by atoms with Gasteiger partial charge in [0.1, 0.15) is 0 Å². The summed E-state index contributed by atoms with van der Waals surface area (Å²) in [5.41, 5.74) is 0. The lowest BCUT2D eigenvalue weighted by Gasteiger charge is -2.03. The fraction of sp³-hybridized carbons (Fsp3) is 0.833. The van der Waals surface area contributed by atoms with Crippen LogP contribution in [0.3, 0.4) is 0 Å². The average molecular weight is 115 g/mol. The van der Waals surface area contributed by atoms with Crippen molar-refractivity contribution in [1.82, 2.24) is 5.32 Å². The van der Waals surface area contributed by atoms with Gasteiger partial charge in [-0.3, -0.25) is 4.79 Å². The van der Waals surface area contributed by atoms with Gasteiger partial charge in [-0.2, -0.15) is 0 Å². The van der Waals surface area contributed by atoms with Crippen LogP contribution in [-0.2, 0) is 4.79 Å². The molecule has 0 aliphatic rings. The lowest BCUT2D eigenvalue weighted by atomic mass is 10.1. The molecule has 2 heteroatoms. The highest BCUT2D eigenvalue weighted by molar-refractivity contribution is 5.77. The van der Waals surface area contributed by atoms with E-state index >= 15 is 0 Å². The van der Waals surface area contributed by atoms with Gasteiger partial charge in [0.2, 0.25) is 5.91 Å². The molecule has 0 saturated carbocycles. The molecule has 8 heavy (non-hydrogen) atoms. The minimum absolute atomic E-state index is 0.132. The molecular weight excluding hydrogens is 102 g/mol. The molecule has 0 radical (unpaired) electrons. The molecule has 1 amide bonds. The number of amides is 1. The molecule has 0 fully saturated rings. The van der Waals surface area contributed by atoms with E-state index < -0.39 is 0 Å². The molecule has 0 spiro atoms. The van der Waals surface area contributed by atoms with E-state index in [9.17, 15) is 4.79 Å². The van der Waals surface area contributed by atoms with Gasteiger partial charge in [-0.05, 0) is 6.42 Å². The maximum Gasteiger partial charge on any atom is 0.222 e. The fourth-order valence-electron chi connectivity index (χ4n) is 0.432. The largest absolute Gasteiger partial charge is 0.359 e. The van der Waals surface area contributed by atoms with Crippen molar-refractivity contribution in [3.05, 3.63) is 0 Å². The minimum atomic E-state index is 0.132. The Bertz CT molecular complexity index is 80.6. The van der Waals surface area contributed by atoms with Crippen molar-refractivity contribution in [3.63, 3.8) is 0 Å². The maximum atomic E-state index is 10.6. The SMILES string of the molecule is CCC(C)C(=O)NC. The van der Waals surface area contributed by atoms with E-state index in [1.165, 1.54) is 0 Å². The van der Waals surface area contributed by atoms with Crippen LogP contribution in [0.2, 0.25) is 0 Å². The Morgan fingerprint density at radius 1 is 1.75 bits per heavy atom. The monoisotopic (exact) mass is 115 g/mol. The van der Waals surface area contributed by atoms with Crippen molar-refractivity contribution in [2.75, 3.05) is 7.05 Å². The van der Waals surface area contributed by atoms with Gasteiger partial charge in [-0.1, -0.05) is 13.8 Å². The van der Waals surface area contributed by atoms with Crippen molar-refractivity contribution >= 4 is 5.91 Å². The molecular formula is C6H13NO. The summed E-state index contributed by atoms with van der Waals surface area (Å²) in [5, 5.41) is 2.58. The third kappa shape index (κ3) is 1.96. The van der Waals surface area contributed by atoms with Crippen LogP contribution in [0.1, 0.15) is 20.3 Å². The highest BCUT2D eigenvalue weighted by atomic mass is 16.1. The maximum absolute atomic E-state index is 10.6. The van der Waals surface area contributed by atoms with Gasteiger partial charge in [0.25, 0.3) is 0 Å². The summed E-state index contributed by atoms with van der Waals surface area (Å²) in [6.45, 7) is 3.92. The first-order chi connectivity index (χ1) is 3.72. The molecule has 0 aromatic rings. The van der Waals surface area contributed by atoms with Crippen LogP contribution >= 0.6 is 0 Å². The van der Waals surface area contributed by atoms with E-state index in [2.05, 4.69) is 5.32 Å². The van der Waals surface area contributed by atoms with Crippen LogP contribution in [0.15, 0.2) is 0 Å². The van der Waals surface area contributed by atoms with E-state index in [1.807, 2.05) is 13.8 Å². The molecule has 0 aliphatic carbocycles. The second kappa shape index (κ2) is 3.47. The Balaban J connectivity index is 3.46. The number of hydrogen-bond donors (Lipinski definition) is 1. The third-order valence-electron chi connectivity index (χ3n) is 1.31. The molecule has 0 saturated heterocycles. The summed E-state index contributed by atoms with van der Waals surface area (Å²) in [6.07, 6.45) is 0.916. The molecule has 48 valence electrons. The zero-order valence-electron chi connectivity index (χ0n) is 5.69. The number of rotatable bonds is 2. The second-order valence-corrected chi connectivity index (χ2v) is 1.92. The summed E-state index contributed by atoms with van der Waals surface area (Å²) in [4.78, 5) is 10.6. The Morgan fingerprint density at radius 2 is 2.25 bits per heavy atom. The first kappa shape index (κ1) is 7.47. The summed E-state index contributed by atoms with van der Waals surface area (Å²) >= 11 is 0. The molecule has 0 aromatic carbocycles. The normalized spacial score (nSPS) is 12.9. The number of hydrogen-bond acceptors (Lipinski definition) is 1. The Hall–Kier alpha value is -0.530. The van der Waals surface area contributed by atoms with Gasteiger partial charge < -0.3 is 5.32 Å². The van der Waals surface area contributed by atoms with E-state index in [0.29, 0.717) is 0 Å². The van der Waals surface area contributed by atoms with E-state index in [0.717, 1.165) is 6.42 Å². The summed E-state index contributed by atoms with van der Waals surface area (Å²) in [6, 6.07) is 0. The van der Waals surface area contributed by atoms with Gasteiger partial charge in [-0.15, -0.1) is 0 Å². The van der Waals surface area contributed by atoms with Gasteiger partial charge in [0.15, 0.2) is 0 Å². The van der Waals surface area contributed by atoms with Crippen LogP contribution in [0.25, 0.3) is 0 Å². The smallest absolute Gasteiger partial charge is 0.222 e. The van der Waals surface area contributed by atoms with Crippen molar-refractivity contribution < 1.29 is 4.79 Å². The van der Waals surface area contributed by atoms with Gasteiger partial charge in [-0.25, -0.2) is 0 Å². The quantitative estimate of drug-likeness (QED) is 0.566. The molecule has 0 aromatic heterocycles. The Kier molecular flexibility index (Phi) is 3.24. The predicted molar refractivity (Wildman–Crippen MR) is 33.5 cm³/mol. The standard InChI is InChI=1S/C6H13NO/c1-4-5(2)6(8)7-3/h5H,4H2,1-3H3,(H,7,8). The summed E-state index contributed by atoms with van der Waals surface area (Å²) in [5.74, 6) is 0.299. The topological polar surface area (TPSA) is 29.1 Å². The van der Waals surface area contributed by atoms with Crippen molar-refractivity contribution in [2.45, 2.75) is 20.3 Å². The fourth-order valence-corrected chi connectivity index (χ4v) is 0.432. The van der Waals surface area contributed by atoms with Crippen LogP contribution < -0.4 is 5.32 Å². The highest BCUT2D eigenvalue weighted by Crippen LogP contribution is 1.97. The molecule has 0 aliphatic heterocycles. The molecule has 1 atom stereocenters. The van der Waals surface area contributed by atoms with Crippen LogP contribution in [0.5, 0.6) is 0 Å². The molecule has 2 nitrogen and oxygen atoms in total. The summed E-state index contributed by atoms with van der Waals surface area (Å²) in [7, 11) is 1.66. The van der Waals surface area contributed by atoms with Crippen LogP contribution in [0.4, 0.5) is 0 Å². The molecule has 0 heterocycles. The number of carbonyl (C=O) groups excluding carboxylic acids is 1. The van der Waals surface area contributed by atoms with E-state index in [1.54, 1.807) is 7.05 Å². The van der Waals surface area contributed by atoms with Gasteiger partial charge in [0, 0.05) is 13.0 Å². The van der Waals surface area contributed by atoms with Gasteiger partial charge >= 0.3 is 0 Å². The van der Waals surface area contributed by atoms with E-state index in [-0.39, 0.29) is 11.8 Å². The van der Waals surface area contributed by atoms with Crippen LogP contribution in [-0.4, -0.2) is 13.0 Å². The Morgan fingerprint density at radius 3 is 2.38 bits per heavy atom. The molecule has 0 bridgehead atoms. The molecule has 1 unspecified atom stereocenters. The number of nitrogens with one attached hydrogen (secondary N) is 1. The molecule has 1 N–H and O–H groups in total. The van der Waals surface area contributed by atoms with Crippen molar-refractivity contribution in [1.29, 1.82) is 0 Å².